The fraction of sp³-hybridized carbons (Fsp3) is 0.706. The lowest BCUT2D eigenvalue weighted by molar-refractivity contribution is -0.0799. The summed E-state index contributed by atoms with van der Waals surface area (Å²) < 4.78 is 67.0. The first-order chi connectivity index (χ1) is 13.1. The lowest BCUT2D eigenvalue weighted by Gasteiger charge is -2.36. The van der Waals surface area contributed by atoms with Gasteiger partial charge in [-0.05, 0) is 18.7 Å². The van der Waals surface area contributed by atoms with Crippen molar-refractivity contribution in [1.29, 1.82) is 0 Å². The highest BCUT2D eigenvalue weighted by atomic mass is 19.3. The van der Waals surface area contributed by atoms with Crippen LogP contribution in [-0.2, 0) is 0 Å². The van der Waals surface area contributed by atoms with E-state index in [4.69, 9.17) is 0 Å². The van der Waals surface area contributed by atoms with Crippen LogP contribution in [0.3, 0.4) is 0 Å². The molecule has 0 radical (unpaired) electrons. The largest absolute Gasteiger partial charge is 0.351 e. The molecule has 4 rings (SSSR count). The molecule has 0 unspecified atom stereocenters. The Morgan fingerprint density at radius 2 is 1.36 bits per heavy atom. The number of nitrogens with one attached hydrogen (secondary N) is 2. The number of anilines is 2. The summed E-state index contributed by atoms with van der Waals surface area (Å²) >= 11 is 0. The average molecular weight is 401 g/mol. The van der Waals surface area contributed by atoms with Crippen LogP contribution in [0.2, 0.25) is 5.82 Å². The molecule has 1 aromatic rings. The maximum atomic E-state index is 14.6. The van der Waals surface area contributed by atoms with Crippen molar-refractivity contribution in [1.82, 2.24) is 15.0 Å². The van der Waals surface area contributed by atoms with Gasteiger partial charge in [-0.1, -0.05) is 6.42 Å². The Morgan fingerprint density at radius 3 is 1.82 bits per heavy atom. The van der Waals surface area contributed by atoms with Crippen LogP contribution in [0.5, 0.6) is 0 Å². The Hall–Kier alpha value is -1.94. The molecule has 0 bridgehead atoms. The fourth-order valence-corrected chi connectivity index (χ4v) is 3.88. The van der Waals surface area contributed by atoms with Crippen LogP contribution >= 0.6 is 0 Å². The minimum atomic E-state index is -2.71. The molecule has 152 valence electrons. The standard InChI is InChI=1S/C17H21BF5N5/c18-11-3-1-2-10(12(11)19)13-26-14(24-8-4-16(20,21)5-8)28-15(27-13)25-9-6-17(22,23)7-9/h8-9,11H,1-7,18H2,(H2,24,25,26,27,28)/t11-/m1/s1. The van der Waals surface area contributed by atoms with Crippen LogP contribution < -0.4 is 10.6 Å². The predicted molar refractivity (Wildman–Crippen MR) is 97.2 cm³/mol. The molecule has 0 aliphatic heterocycles. The van der Waals surface area contributed by atoms with Gasteiger partial charge in [0.1, 0.15) is 13.7 Å². The van der Waals surface area contributed by atoms with Crippen molar-refractivity contribution < 1.29 is 22.0 Å². The molecule has 5 nitrogen and oxygen atoms in total. The number of rotatable bonds is 5. The Kier molecular flexibility index (Phi) is 4.74. The molecule has 11 heteroatoms. The molecule has 3 aliphatic rings. The fourth-order valence-electron chi connectivity index (χ4n) is 3.88. The molecule has 2 saturated carbocycles. The van der Waals surface area contributed by atoms with Crippen molar-refractivity contribution >= 4 is 25.3 Å². The second-order valence-electron chi connectivity index (χ2n) is 8.14. The zero-order chi connectivity index (χ0) is 20.1. The van der Waals surface area contributed by atoms with E-state index in [1.54, 1.807) is 7.85 Å². The average Bonchev–Trinajstić information content (AvgIpc) is 2.54. The number of allylic oxidation sites excluding steroid dienone is 2. The first-order valence-corrected chi connectivity index (χ1v) is 9.54. The van der Waals surface area contributed by atoms with Gasteiger partial charge in [0.15, 0.2) is 5.82 Å². The van der Waals surface area contributed by atoms with Gasteiger partial charge in [0, 0.05) is 43.3 Å². The van der Waals surface area contributed by atoms with E-state index in [-0.39, 0.29) is 55.0 Å². The van der Waals surface area contributed by atoms with Gasteiger partial charge in [0.25, 0.3) is 11.8 Å². The second kappa shape index (κ2) is 6.84. The summed E-state index contributed by atoms with van der Waals surface area (Å²) in [6.45, 7) is 0. The van der Waals surface area contributed by atoms with Crippen molar-refractivity contribution in [2.24, 2.45) is 0 Å². The maximum Gasteiger partial charge on any atom is 0.252 e. The summed E-state index contributed by atoms with van der Waals surface area (Å²) in [7, 11) is 1.78. The van der Waals surface area contributed by atoms with Gasteiger partial charge >= 0.3 is 0 Å². The monoisotopic (exact) mass is 401 g/mol. The van der Waals surface area contributed by atoms with Crippen molar-refractivity contribution in [3.8, 4) is 0 Å². The molecule has 2 N–H and O–H groups in total. The first kappa shape index (κ1) is 19.4. The SMILES string of the molecule is B[C@@H]1CCCC(c2nc(NC3CC(F)(F)C3)nc(NC3CC(F)(F)C3)n2)=C1F. The van der Waals surface area contributed by atoms with Gasteiger partial charge in [0.2, 0.25) is 11.9 Å². The van der Waals surface area contributed by atoms with Crippen LogP contribution in [0.4, 0.5) is 33.8 Å². The molecule has 0 spiro atoms. The summed E-state index contributed by atoms with van der Waals surface area (Å²) in [5.74, 6) is -5.72. The highest BCUT2D eigenvalue weighted by molar-refractivity contribution is 6.14. The molecular formula is C17H21BF5N5. The van der Waals surface area contributed by atoms with Gasteiger partial charge in [-0.3, -0.25) is 0 Å². The third-order valence-electron chi connectivity index (χ3n) is 5.54. The topological polar surface area (TPSA) is 62.7 Å². The van der Waals surface area contributed by atoms with Crippen LogP contribution in [0.25, 0.3) is 5.57 Å². The number of hydrogen-bond donors (Lipinski definition) is 2. The number of hydrogen-bond acceptors (Lipinski definition) is 5. The molecule has 0 aromatic carbocycles. The van der Waals surface area contributed by atoms with E-state index >= 15 is 0 Å². The van der Waals surface area contributed by atoms with Gasteiger partial charge in [-0.2, -0.15) is 15.0 Å². The summed E-state index contributed by atoms with van der Waals surface area (Å²) in [5, 5.41) is 5.66. The molecule has 1 aromatic heterocycles. The van der Waals surface area contributed by atoms with Gasteiger partial charge in [0.05, 0.1) is 0 Å². The Balaban J connectivity index is 1.58. The highest BCUT2D eigenvalue weighted by Crippen LogP contribution is 2.41. The molecule has 0 amide bonds. The zero-order valence-electron chi connectivity index (χ0n) is 15.4. The van der Waals surface area contributed by atoms with E-state index in [9.17, 15) is 22.0 Å². The summed E-state index contributed by atoms with van der Waals surface area (Å²) in [5.41, 5.74) is 0.366. The smallest absolute Gasteiger partial charge is 0.252 e. The van der Waals surface area contributed by atoms with Crippen LogP contribution in [-0.4, -0.2) is 46.7 Å². The van der Waals surface area contributed by atoms with E-state index < -0.39 is 23.9 Å². The quantitative estimate of drug-likeness (QED) is 0.584. The van der Waals surface area contributed by atoms with Crippen molar-refractivity contribution in [2.45, 2.75) is 74.7 Å². The van der Waals surface area contributed by atoms with Gasteiger partial charge in [-0.15, -0.1) is 0 Å². The highest BCUT2D eigenvalue weighted by Gasteiger charge is 2.46. The molecule has 2 fully saturated rings. The molecule has 0 saturated heterocycles. The van der Waals surface area contributed by atoms with E-state index in [1.807, 2.05) is 0 Å². The normalized spacial score (nSPS) is 27.1. The molecule has 1 atom stereocenters. The minimum absolute atomic E-state index is 0.0533. The van der Waals surface area contributed by atoms with Gasteiger partial charge in [-0.25, -0.2) is 22.0 Å². The first-order valence-electron chi connectivity index (χ1n) is 9.54. The Morgan fingerprint density at radius 1 is 0.857 bits per heavy atom. The van der Waals surface area contributed by atoms with Crippen LogP contribution in [0, 0.1) is 0 Å². The predicted octanol–water partition coefficient (Wildman–Crippen LogP) is 3.58. The lowest BCUT2D eigenvalue weighted by atomic mass is 9.76. The third kappa shape index (κ3) is 4.07. The van der Waals surface area contributed by atoms with Crippen LogP contribution in [0.1, 0.15) is 50.8 Å². The molecule has 1 heterocycles. The zero-order valence-corrected chi connectivity index (χ0v) is 15.4. The van der Waals surface area contributed by atoms with Crippen molar-refractivity contribution in [2.75, 3.05) is 10.6 Å². The Labute approximate surface area is 160 Å². The third-order valence-corrected chi connectivity index (χ3v) is 5.54. The summed E-state index contributed by atoms with van der Waals surface area (Å²) in [6, 6.07) is -0.981. The van der Waals surface area contributed by atoms with E-state index in [0.29, 0.717) is 12.0 Å². The maximum absolute atomic E-state index is 14.6. The minimum Gasteiger partial charge on any atom is -0.351 e. The summed E-state index contributed by atoms with van der Waals surface area (Å²) in [6.07, 6.45) is 0.636. The molecule has 3 aliphatic carbocycles. The van der Waals surface area contributed by atoms with Crippen molar-refractivity contribution in [3.05, 3.63) is 11.7 Å². The molecule has 28 heavy (non-hydrogen) atoms. The summed E-state index contributed by atoms with van der Waals surface area (Å²) in [4.78, 5) is 12.6. The van der Waals surface area contributed by atoms with Crippen molar-refractivity contribution in [3.63, 3.8) is 0 Å². The number of aromatic nitrogens is 3. The number of halogens is 5. The Bertz CT molecular complexity index is 742. The second-order valence-corrected chi connectivity index (χ2v) is 8.14. The van der Waals surface area contributed by atoms with E-state index in [2.05, 4.69) is 25.6 Å². The van der Waals surface area contributed by atoms with Crippen LogP contribution in [0.15, 0.2) is 5.83 Å². The van der Waals surface area contributed by atoms with Gasteiger partial charge < -0.3 is 10.6 Å². The molecular weight excluding hydrogens is 380 g/mol. The van der Waals surface area contributed by atoms with E-state index in [0.717, 1.165) is 12.8 Å². The number of alkyl halides is 4. The number of nitrogens with zero attached hydrogens (tertiary/aromatic N) is 3. The lowest BCUT2D eigenvalue weighted by Crippen LogP contribution is -2.45. The van der Waals surface area contributed by atoms with E-state index in [1.165, 1.54) is 0 Å².